The Labute approximate surface area is 194 Å². The quantitative estimate of drug-likeness (QED) is 0.547. The van der Waals surface area contributed by atoms with Crippen LogP contribution in [0.5, 0.6) is 0 Å². The van der Waals surface area contributed by atoms with Crippen LogP contribution in [-0.4, -0.2) is 60.5 Å². The molecule has 180 valence electrons. The summed E-state index contributed by atoms with van der Waals surface area (Å²) in [5.74, 6) is -1.42. The van der Waals surface area contributed by atoms with Crippen LogP contribution in [0.3, 0.4) is 0 Å². The van der Waals surface area contributed by atoms with Crippen LogP contribution in [0, 0.1) is 11.7 Å². The highest BCUT2D eigenvalue weighted by atomic mass is 35.5. The first-order valence-electron chi connectivity index (χ1n) is 10.7. The van der Waals surface area contributed by atoms with E-state index in [-0.39, 0.29) is 22.0 Å². The Morgan fingerprint density at radius 1 is 1.27 bits per heavy atom. The number of piperidine rings is 1. The molecular weight excluding hydrogens is 477 g/mol. The third-order valence-corrected chi connectivity index (χ3v) is 6.63. The van der Waals surface area contributed by atoms with Crippen LogP contribution < -0.4 is 15.6 Å². The molecule has 0 amide bonds. The predicted molar refractivity (Wildman–Crippen MR) is 123 cm³/mol. The second-order valence-electron chi connectivity index (χ2n) is 8.83. The molecule has 5 rings (SSSR count). The van der Waals surface area contributed by atoms with Crippen molar-refractivity contribution in [3.05, 3.63) is 38.9 Å². The highest BCUT2D eigenvalue weighted by Gasteiger charge is 2.37. The van der Waals surface area contributed by atoms with Crippen molar-refractivity contribution in [2.24, 2.45) is 5.92 Å². The fourth-order valence-electron chi connectivity index (χ4n) is 4.74. The van der Waals surface area contributed by atoms with Gasteiger partial charge in [-0.1, -0.05) is 11.6 Å². The number of nitrogens with one attached hydrogen (secondary N) is 1. The molecule has 3 N–H and O–H groups in total. The topological polar surface area (TPSA) is 129 Å². The van der Waals surface area contributed by atoms with E-state index in [2.05, 4.69) is 5.32 Å². The lowest BCUT2D eigenvalue weighted by molar-refractivity contribution is 0.0694. The normalized spacial score (nSPS) is 22.6. The maximum Gasteiger partial charge on any atom is 0.341 e. The lowest BCUT2D eigenvalue weighted by atomic mass is 9.94. The molecule has 0 bridgehead atoms. The van der Waals surface area contributed by atoms with Crippen molar-refractivity contribution in [2.45, 2.75) is 37.8 Å². The van der Waals surface area contributed by atoms with Crippen molar-refractivity contribution in [1.82, 2.24) is 9.88 Å². The van der Waals surface area contributed by atoms with Crippen LogP contribution in [0.25, 0.3) is 10.9 Å². The van der Waals surface area contributed by atoms with E-state index in [1.807, 2.05) is 4.90 Å². The zero-order chi connectivity index (χ0) is 24.1. The van der Waals surface area contributed by atoms with Gasteiger partial charge in [-0.25, -0.2) is 9.18 Å². The van der Waals surface area contributed by atoms with E-state index in [0.717, 1.165) is 38.8 Å². The molecule has 1 aliphatic carbocycles. The number of rotatable bonds is 3. The minimum atomic E-state index is -3.67. The Bertz CT molecular complexity index is 1260. The number of aromatic carboxylic acids is 1. The average Bonchev–Trinajstić information content (AvgIpc) is 3.46. The standard InChI is InChI=1S/C20H21ClFN3O3.CH4O3S/c21-16-17-12(19(26)13(20(27)28)8-25(17)11-3-4-11)6-14(22)18(16)24-7-10-2-1-5-23-15(10)9-24;1-5(2,3)4/h6,8,10-11,15,23H,1-5,7,9H2,(H,27,28);1H3,(H,2,3,4)/t10-,15+;/m0./s1. The largest absolute Gasteiger partial charge is 0.477 e. The first kappa shape index (κ1) is 23.9. The molecule has 12 heteroatoms. The molecule has 1 aromatic carbocycles. The summed E-state index contributed by atoms with van der Waals surface area (Å²) in [5, 5.41) is 13.1. The van der Waals surface area contributed by atoms with Crippen molar-refractivity contribution in [1.29, 1.82) is 0 Å². The number of hydrogen-bond donors (Lipinski definition) is 3. The number of nitrogens with zero attached hydrogens (tertiary/aromatic N) is 2. The van der Waals surface area contributed by atoms with E-state index in [1.54, 1.807) is 4.57 Å². The van der Waals surface area contributed by atoms with Crippen molar-refractivity contribution >= 4 is 44.3 Å². The number of fused-ring (bicyclic) bond motifs is 2. The number of carbonyl (C=O) groups is 1. The summed E-state index contributed by atoms with van der Waals surface area (Å²) < 4.78 is 42.8. The Kier molecular flexibility index (Phi) is 6.43. The SMILES string of the molecule is CS(=O)(=O)O.O=C(O)c1cn(C2CC2)c2c(Cl)c(N3C[C@@H]4CCCN[C@@H]4C3)c(F)cc2c1=O. The van der Waals surface area contributed by atoms with Gasteiger partial charge >= 0.3 is 5.97 Å². The number of benzene rings is 1. The second kappa shape index (κ2) is 8.86. The Balaban J connectivity index is 0.000000471. The molecule has 3 aliphatic rings. The van der Waals surface area contributed by atoms with Gasteiger partial charge in [0.1, 0.15) is 11.4 Å². The van der Waals surface area contributed by atoms with Gasteiger partial charge in [0.15, 0.2) is 0 Å². The van der Waals surface area contributed by atoms with E-state index >= 15 is 4.39 Å². The molecule has 0 spiro atoms. The Morgan fingerprint density at radius 3 is 2.52 bits per heavy atom. The number of halogens is 2. The first-order chi connectivity index (χ1) is 15.5. The van der Waals surface area contributed by atoms with Gasteiger partial charge in [0.25, 0.3) is 10.1 Å². The first-order valence-corrected chi connectivity index (χ1v) is 12.9. The lowest BCUT2D eigenvalue weighted by Gasteiger charge is -2.24. The maximum atomic E-state index is 15.1. The van der Waals surface area contributed by atoms with Gasteiger partial charge in [-0.05, 0) is 44.2 Å². The van der Waals surface area contributed by atoms with E-state index < -0.39 is 27.3 Å². The Morgan fingerprint density at radius 2 is 1.94 bits per heavy atom. The summed E-state index contributed by atoms with van der Waals surface area (Å²) in [6.07, 6.45) is 6.07. The van der Waals surface area contributed by atoms with Crippen LogP contribution in [0.4, 0.5) is 10.1 Å². The highest BCUT2D eigenvalue weighted by Crippen LogP contribution is 2.43. The number of aromatic nitrogens is 1. The van der Waals surface area contributed by atoms with Crippen LogP contribution >= 0.6 is 11.6 Å². The number of pyridine rings is 1. The molecule has 3 fully saturated rings. The number of carboxylic acid groups (broad SMARTS) is 1. The molecule has 0 unspecified atom stereocenters. The molecular formula is C21H25ClFN3O6S. The zero-order valence-corrected chi connectivity index (χ0v) is 19.5. The third kappa shape index (κ3) is 5.01. The minimum absolute atomic E-state index is 0.0350. The number of carboxylic acids is 1. The van der Waals surface area contributed by atoms with E-state index in [4.69, 9.17) is 16.2 Å². The fourth-order valence-corrected chi connectivity index (χ4v) is 5.15. The molecule has 3 heterocycles. The molecule has 1 saturated carbocycles. The van der Waals surface area contributed by atoms with E-state index in [1.165, 1.54) is 12.3 Å². The summed E-state index contributed by atoms with van der Waals surface area (Å²) in [6.45, 7) is 2.37. The van der Waals surface area contributed by atoms with Crippen molar-refractivity contribution in [3.63, 3.8) is 0 Å². The van der Waals surface area contributed by atoms with Crippen molar-refractivity contribution in [3.8, 4) is 0 Å². The average molecular weight is 502 g/mol. The molecule has 0 radical (unpaired) electrons. The smallest absolute Gasteiger partial charge is 0.341 e. The zero-order valence-electron chi connectivity index (χ0n) is 17.9. The molecule has 2 aliphatic heterocycles. The highest BCUT2D eigenvalue weighted by molar-refractivity contribution is 7.85. The fraction of sp³-hybridized carbons (Fsp3) is 0.524. The predicted octanol–water partition coefficient (Wildman–Crippen LogP) is 2.52. The van der Waals surface area contributed by atoms with Gasteiger partial charge in [0.05, 0.1) is 27.9 Å². The lowest BCUT2D eigenvalue weighted by Crippen LogP contribution is -2.40. The van der Waals surface area contributed by atoms with Gasteiger partial charge in [-0.2, -0.15) is 8.42 Å². The summed E-state index contributed by atoms with van der Waals surface area (Å²) >= 11 is 6.70. The van der Waals surface area contributed by atoms with Crippen molar-refractivity contribution < 1.29 is 27.3 Å². The molecule has 33 heavy (non-hydrogen) atoms. The van der Waals surface area contributed by atoms with E-state index in [0.29, 0.717) is 36.0 Å². The molecule has 1 aromatic heterocycles. The van der Waals surface area contributed by atoms with Gasteiger partial charge in [0, 0.05) is 31.4 Å². The number of anilines is 1. The number of hydrogen-bond acceptors (Lipinski definition) is 6. The van der Waals surface area contributed by atoms with Crippen LogP contribution in [0.2, 0.25) is 5.02 Å². The second-order valence-corrected chi connectivity index (χ2v) is 10.7. The summed E-state index contributed by atoms with van der Waals surface area (Å²) in [6, 6.07) is 1.58. The minimum Gasteiger partial charge on any atom is -0.477 e. The van der Waals surface area contributed by atoms with Gasteiger partial charge < -0.3 is 19.9 Å². The van der Waals surface area contributed by atoms with Crippen LogP contribution in [0.15, 0.2) is 17.1 Å². The monoisotopic (exact) mass is 501 g/mol. The molecule has 2 aromatic rings. The summed E-state index contributed by atoms with van der Waals surface area (Å²) in [4.78, 5) is 26.1. The van der Waals surface area contributed by atoms with Crippen LogP contribution in [-0.2, 0) is 10.1 Å². The molecule has 2 atom stereocenters. The van der Waals surface area contributed by atoms with Gasteiger partial charge in [0.2, 0.25) is 5.43 Å². The van der Waals surface area contributed by atoms with Crippen molar-refractivity contribution in [2.75, 3.05) is 30.8 Å². The third-order valence-electron chi connectivity index (χ3n) is 6.27. The maximum absolute atomic E-state index is 15.1. The van der Waals surface area contributed by atoms with Gasteiger partial charge in [-0.15, -0.1) is 0 Å². The molecule has 9 nitrogen and oxygen atoms in total. The Hall–Kier alpha value is -2.21. The van der Waals surface area contributed by atoms with E-state index in [9.17, 15) is 23.1 Å². The molecule has 2 saturated heterocycles. The van der Waals surface area contributed by atoms with Gasteiger partial charge in [-0.3, -0.25) is 9.35 Å². The summed E-state index contributed by atoms with van der Waals surface area (Å²) in [7, 11) is -3.67. The summed E-state index contributed by atoms with van der Waals surface area (Å²) in [5.41, 5.74) is -0.275. The van der Waals surface area contributed by atoms with Crippen LogP contribution in [0.1, 0.15) is 42.1 Å².